The first-order valence-electron chi connectivity index (χ1n) is 8.46. The fraction of sp³-hybridized carbons (Fsp3) is 0.238. The van der Waals surface area contributed by atoms with Gasteiger partial charge in [-0.05, 0) is 11.5 Å². The van der Waals surface area contributed by atoms with Gasteiger partial charge in [0.15, 0.2) is 0 Å². The third-order valence-electron chi connectivity index (χ3n) is 3.79. The summed E-state index contributed by atoms with van der Waals surface area (Å²) in [4.78, 5) is 11.7. The number of nitrogens with zero attached hydrogens (tertiary/aromatic N) is 2. The predicted molar refractivity (Wildman–Crippen MR) is 99.2 cm³/mol. The van der Waals surface area contributed by atoms with E-state index in [0.29, 0.717) is 18.3 Å². The summed E-state index contributed by atoms with van der Waals surface area (Å²) >= 11 is 0. The van der Waals surface area contributed by atoms with E-state index >= 15 is 0 Å². The predicted octanol–water partition coefficient (Wildman–Crippen LogP) is 4.80. The Labute approximate surface area is 148 Å². The molecule has 0 fully saturated rings. The highest BCUT2D eigenvalue weighted by atomic mass is 16.5. The number of ether oxygens (including phenoxy) is 1. The van der Waals surface area contributed by atoms with Crippen molar-refractivity contribution in [3.05, 3.63) is 60.7 Å². The van der Waals surface area contributed by atoms with Gasteiger partial charge in [0.2, 0.25) is 5.88 Å². The topological polar surface area (TPSA) is 44.1 Å². The van der Waals surface area contributed by atoms with Crippen molar-refractivity contribution in [3.63, 3.8) is 0 Å². The number of benzene rings is 2. The summed E-state index contributed by atoms with van der Waals surface area (Å²) in [5.74, 6) is 0.536. The van der Waals surface area contributed by atoms with Gasteiger partial charge in [-0.3, -0.25) is 4.79 Å². The van der Waals surface area contributed by atoms with Crippen molar-refractivity contribution in [2.45, 2.75) is 27.3 Å². The van der Waals surface area contributed by atoms with Gasteiger partial charge >= 0.3 is 5.97 Å². The molecule has 4 nitrogen and oxygen atoms in total. The van der Waals surface area contributed by atoms with E-state index in [2.05, 4.69) is 13.8 Å². The fourth-order valence-corrected chi connectivity index (χ4v) is 2.82. The van der Waals surface area contributed by atoms with Crippen LogP contribution in [0.5, 0.6) is 5.88 Å². The van der Waals surface area contributed by atoms with Gasteiger partial charge < -0.3 is 4.74 Å². The molecule has 1 aromatic heterocycles. The van der Waals surface area contributed by atoms with Crippen LogP contribution in [-0.4, -0.2) is 15.7 Å². The van der Waals surface area contributed by atoms with Gasteiger partial charge in [-0.15, -0.1) is 0 Å². The first kappa shape index (κ1) is 17.0. The maximum absolute atomic E-state index is 11.7. The summed E-state index contributed by atoms with van der Waals surface area (Å²) in [6, 6.07) is 19.9. The lowest BCUT2D eigenvalue weighted by molar-refractivity contribution is -0.132. The first-order valence-corrected chi connectivity index (χ1v) is 8.46. The van der Waals surface area contributed by atoms with Crippen molar-refractivity contribution in [2.75, 3.05) is 0 Å². The van der Waals surface area contributed by atoms with Crippen LogP contribution in [0.15, 0.2) is 60.7 Å². The zero-order valence-electron chi connectivity index (χ0n) is 14.8. The minimum atomic E-state index is -0.346. The minimum Gasteiger partial charge on any atom is -0.407 e. The quantitative estimate of drug-likeness (QED) is 0.630. The van der Waals surface area contributed by atoms with E-state index in [1.807, 2.05) is 60.7 Å². The normalized spacial score (nSPS) is 10.9. The molecule has 3 rings (SSSR count). The Bertz CT molecular complexity index is 852. The molecule has 0 N–H and O–H groups in total. The molecule has 0 unspecified atom stereocenters. The highest BCUT2D eigenvalue weighted by Crippen LogP contribution is 2.39. The second kappa shape index (κ2) is 7.34. The van der Waals surface area contributed by atoms with Gasteiger partial charge in [0.25, 0.3) is 0 Å². The Morgan fingerprint density at radius 2 is 1.56 bits per heavy atom. The van der Waals surface area contributed by atoms with Crippen LogP contribution in [0.2, 0.25) is 0 Å². The summed E-state index contributed by atoms with van der Waals surface area (Å²) in [7, 11) is 0. The van der Waals surface area contributed by atoms with Crippen molar-refractivity contribution in [1.29, 1.82) is 0 Å². The fourth-order valence-electron chi connectivity index (χ4n) is 2.82. The van der Waals surface area contributed by atoms with E-state index < -0.39 is 0 Å². The van der Waals surface area contributed by atoms with Crippen LogP contribution in [0.25, 0.3) is 22.4 Å². The first-order chi connectivity index (χ1) is 12.1. The molecule has 0 atom stereocenters. The molecule has 3 aromatic rings. The Morgan fingerprint density at radius 1 is 1.00 bits per heavy atom. The Hall–Kier alpha value is -2.88. The van der Waals surface area contributed by atoms with Gasteiger partial charge in [-0.2, -0.15) is 5.10 Å². The summed E-state index contributed by atoms with van der Waals surface area (Å²) in [5, 5.41) is 4.79. The molecule has 0 spiro atoms. The highest BCUT2D eigenvalue weighted by Gasteiger charge is 2.23. The largest absolute Gasteiger partial charge is 0.407 e. The average Bonchev–Trinajstić information content (AvgIpc) is 2.93. The second-order valence-electron chi connectivity index (χ2n) is 6.43. The smallest absolute Gasteiger partial charge is 0.309 e. The third-order valence-corrected chi connectivity index (χ3v) is 3.79. The number of hydrogen-bond acceptors (Lipinski definition) is 3. The van der Waals surface area contributed by atoms with Crippen molar-refractivity contribution in [2.24, 2.45) is 5.92 Å². The SMILES string of the molecule is CC(=O)Oc1c(-c2ccccc2)c(-c2ccccc2)nn1CC(C)C. The van der Waals surface area contributed by atoms with Gasteiger partial charge in [0.05, 0.1) is 5.56 Å². The van der Waals surface area contributed by atoms with Crippen LogP contribution in [0.3, 0.4) is 0 Å². The molecule has 0 bridgehead atoms. The third kappa shape index (κ3) is 3.79. The molecule has 0 aliphatic rings. The molecule has 0 saturated carbocycles. The van der Waals surface area contributed by atoms with Crippen molar-refractivity contribution in [3.8, 4) is 28.3 Å². The number of carbonyl (C=O) groups is 1. The maximum atomic E-state index is 11.7. The van der Waals surface area contributed by atoms with E-state index in [-0.39, 0.29) is 5.97 Å². The number of aromatic nitrogens is 2. The van der Waals surface area contributed by atoms with Crippen molar-refractivity contribution < 1.29 is 9.53 Å². The monoisotopic (exact) mass is 334 g/mol. The van der Waals surface area contributed by atoms with E-state index in [1.165, 1.54) is 6.92 Å². The molecular formula is C21H22N2O2. The van der Waals surface area contributed by atoms with Gasteiger partial charge in [-0.1, -0.05) is 74.5 Å². The number of carbonyl (C=O) groups excluding carboxylic acids is 1. The van der Waals surface area contributed by atoms with Gasteiger partial charge in [0, 0.05) is 19.0 Å². The van der Waals surface area contributed by atoms with Gasteiger partial charge in [0.1, 0.15) is 5.69 Å². The standard InChI is InChI=1S/C21H22N2O2/c1-15(2)14-23-21(25-16(3)24)19(17-10-6-4-7-11-17)20(22-23)18-12-8-5-9-13-18/h4-13,15H,14H2,1-3H3. The number of hydrogen-bond donors (Lipinski definition) is 0. The van der Waals surface area contributed by atoms with E-state index in [4.69, 9.17) is 9.84 Å². The van der Waals surface area contributed by atoms with Crippen LogP contribution >= 0.6 is 0 Å². The van der Waals surface area contributed by atoms with Gasteiger partial charge in [-0.25, -0.2) is 4.68 Å². The minimum absolute atomic E-state index is 0.346. The molecule has 128 valence electrons. The summed E-state index contributed by atoms with van der Waals surface area (Å²) in [6.45, 7) is 6.33. The lowest BCUT2D eigenvalue weighted by Crippen LogP contribution is -2.12. The second-order valence-corrected chi connectivity index (χ2v) is 6.43. The van der Waals surface area contributed by atoms with E-state index in [0.717, 1.165) is 22.4 Å². The molecule has 0 radical (unpaired) electrons. The van der Waals surface area contributed by atoms with Crippen LogP contribution < -0.4 is 4.74 Å². The summed E-state index contributed by atoms with van der Waals surface area (Å²) in [6.07, 6.45) is 0. The molecule has 4 heteroatoms. The van der Waals surface area contributed by atoms with Crippen molar-refractivity contribution in [1.82, 2.24) is 9.78 Å². The van der Waals surface area contributed by atoms with Crippen LogP contribution in [-0.2, 0) is 11.3 Å². The number of esters is 1. The molecule has 1 heterocycles. The highest BCUT2D eigenvalue weighted by molar-refractivity contribution is 5.86. The van der Waals surface area contributed by atoms with Crippen molar-refractivity contribution >= 4 is 5.97 Å². The lowest BCUT2D eigenvalue weighted by atomic mass is 10.0. The molecular weight excluding hydrogens is 312 g/mol. The Morgan fingerprint density at radius 3 is 2.08 bits per heavy atom. The average molecular weight is 334 g/mol. The Balaban J connectivity index is 2.26. The zero-order chi connectivity index (χ0) is 17.8. The molecule has 2 aromatic carbocycles. The Kier molecular flexibility index (Phi) is 4.98. The zero-order valence-corrected chi connectivity index (χ0v) is 14.8. The maximum Gasteiger partial charge on any atom is 0.309 e. The lowest BCUT2D eigenvalue weighted by Gasteiger charge is -2.10. The van der Waals surface area contributed by atoms with E-state index in [1.54, 1.807) is 4.68 Å². The molecule has 25 heavy (non-hydrogen) atoms. The summed E-state index contributed by atoms with van der Waals surface area (Å²) < 4.78 is 7.40. The molecule has 0 aliphatic carbocycles. The van der Waals surface area contributed by atoms with Crippen LogP contribution in [0.1, 0.15) is 20.8 Å². The molecule has 0 amide bonds. The van der Waals surface area contributed by atoms with Crippen LogP contribution in [0, 0.1) is 5.92 Å². The van der Waals surface area contributed by atoms with E-state index in [9.17, 15) is 4.79 Å². The molecule has 0 aliphatic heterocycles. The number of rotatable bonds is 5. The van der Waals surface area contributed by atoms with Crippen LogP contribution in [0.4, 0.5) is 0 Å². The summed E-state index contributed by atoms with van der Waals surface area (Å²) in [5.41, 5.74) is 3.65. The molecule has 0 saturated heterocycles.